The van der Waals surface area contributed by atoms with Gasteiger partial charge in [0.1, 0.15) is 0 Å². The second-order valence-electron chi connectivity index (χ2n) is 4.26. The summed E-state index contributed by atoms with van der Waals surface area (Å²) in [7, 11) is 1.57. The highest BCUT2D eigenvalue weighted by molar-refractivity contribution is 5.85. The molecule has 0 radical (unpaired) electrons. The fourth-order valence-electron chi connectivity index (χ4n) is 1.25. The van der Waals surface area contributed by atoms with Crippen molar-refractivity contribution in [2.24, 2.45) is 11.1 Å². The first-order valence-corrected chi connectivity index (χ1v) is 4.87. The molecule has 16 heavy (non-hydrogen) atoms. The number of aliphatic hydroxyl groups is 1. The third-order valence-electron chi connectivity index (χ3n) is 2.58. The summed E-state index contributed by atoms with van der Waals surface area (Å²) in [5.74, 6) is 0.563. The maximum Gasteiger partial charge on any atom is 0.212 e. The van der Waals surface area contributed by atoms with Crippen molar-refractivity contribution in [3.8, 4) is 5.88 Å². The van der Waals surface area contributed by atoms with Crippen LogP contribution in [0.5, 0.6) is 5.88 Å². The fourth-order valence-corrected chi connectivity index (χ4v) is 1.25. The molecule has 92 valence electrons. The van der Waals surface area contributed by atoms with Crippen molar-refractivity contribution in [2.45, 2.75) is 19.9 Å². The van der Waals surface area contributed by atoms with Gasteiger partial charge in [-0.2, -0.15) is 0 Å². The summed E-state index contributed by atoms with van der Waals surface area (Å²) in [5, 5.41) is 9.20. The lowest BCUT2D eigenvalue weighted by atomic mass is 9.82. The van der Waals surface area contributed by atoms with Crippen molar-refractivity contribution in [3.05, 3.63) is 23.9 Å². The van der Waals surface area contributed by atoms with E-state index in [-0.39, 0.29) is 30.5 Å². The predicted molar refractivity (Wildman–Crippen MR) is 65.8 cm³/mol. The highest BCUT2D eigenvalue weighted by Crippen LogP contribution is 2.30. The summed E-state index contributed by atoms with van der Waals surface area (Å²) in [6, 6.07) is 3.40. The van der Waals surface area contributed by atoms with Gasteiger partial charge in [0, 0.05) is 30.3 Å². The smallest absolute Gasteiger partial charge is 0.212 e. The second kappa shape index (κ2) is 6.03. The summed E-state index contributed by atoms with van der Waals surface area (Å²) in [5.41, 5.74) is 6.58. The van der Waals surface area contributed by atoms with Crippen LogP contribution in [0.4, 0.5) is 0 Å². The Hall–Kier alpha value is -0.840. The van der Waals surface area contributed by atoms with Crippen molar-refractivity contribution in [3.63, 3.8) is 0 Å². The third-order valence-corrected chi connectivity index (χ3v) is 2.58. The molecule has 1 aromatic heterocycles. The number of ether oxygens (including phenoxy) is 1. The van der Waals surface area contributed by atoms with E-state index in [4.69, 9.17) is 10.5 Å². The van der Waals surface area contributed by atoms with E-state index in [1.807, 2.05) is 19.9 Å². The Balaban J connectivity index is 0.00000225. The Kier molecular flexibility index (Phi) is 5.72. The molecule has 0 spiro atoms. The number of halogens is 1. The normalized spacial score (nSPS) is 12.8. The molecule has 0 aliphatic rings. The topological polar surface area (TPSA) is 68.4 Å². The van der Waals surface area contributed by atoms with Crippen LogP contribution in [0, 0.1) is 5.41 Å². The number of hydrogen-bond donors (Lipinski definition) is 2. The molecule has 3 N–H and O–H groups in total. The highest BCUT2D eigenvalue weighted by atomic mass is 35.5. The lowest BCUT2D eigenvalue weighted by Crippen LogP contribution is -2.32. The SMILES string of the molecule is COc1ccc([C@H](N)C(C)(C)CO)cn1.Cl. The Bertz CT molecular complexity index is 314. The zero-order valence-corrected chi connectivity index (χ0v) is 10.6. The Morgan fingerprint density at radius 2 is 2.12 bits per heavy atom. The molecule has 0 amide bonds. The molecule has 0 aromatic carbocycles. The van der Waals surface area contributed by atoms with Gasteiger partial charge < -0.3 is 15.6 Å². The fraction of sp³-hybridized carbons (Fsp3) is 0.545. The second-order valence-corrected chi connectivity index (χ2v) is 4.26. The molecule has 0 bridgehead atoms. The zero-order valence-electron chi connectivity index (χ0n) is 9.80. The van der Waals surface area contributed by atoms with Gasteiger partial charge in [-0.05, 0) is 5.56 Å². The number of pyridine rings is 1. The summed E-state index contributed by atoms with van der Waals surface area (Å²) in [6.45, 7) is 3.88. The molecule has 5 heteroatoms. The first-order valence-electron chi connectivity index (χ1n) is 4.87. The Labute approximate surface area is 102 Å². The Morgan fingerprint density at radius 1 is 1.50 bits per heavy atom. The van der Waals surface area contributed by atoms with Gasteiger partial charge in [-0.15, -0.1) is 12.4 Å². The number of methoxy groups -OCH3 is 1. The van der Waals surface area contributed by atoms with E-state index in [2.05, 4.69) is 4.98 Å². The van der Waals surface area contributed by atoms with E-state index in [1.165, 1.54) is 0 Å². The van der Waals surface area contributed by atoms with Crippen molar-refractivity contribution in [2.75, 3.05) is 13.7 Å². The van der Waals surface area contributed by atoms with Crippen LogP contribution >= 0.6 is 12.4 Å². The van der Waals surface area contributed by atoms with Gasteiger partial charge in [-0.25, -0.2) is 4.98 Å². The van der Waals surface area contributed by atoms with E-state index in [0.717, 1.165) is 5.56 Å². The van der Waals surface area contributed by atoms with Crippen molar-refractivity contribution < 1.29 is 9.84 Å². The molecule has 0 saturated heterocycles. The zero-order chi connectivity index (χ0) is 11.5. The first-order chi connectivity index (χ1) is 7.01. The van der Waals surface area contributed by atoms with E-state index in [1.54, 1.807) is 19.4 Å². The summed E-state index contributed by atoms with van der Waals surface area (Å²) < 4.78 is 4.96. The van der Waals surface area contributed by atoms with Crippen LogP contribution < -0.4 is 10.5 Å². The van der Waals surface area contributed by atoms with Gasteiger partial charge in [0.2, 0.25) is 5.88 Å². The molecule has 1 heterocycles. The maximum absolute atomic E-state index is 9.20. The van der Waals surface area contributed by atoms with Crippen LogP contribution in [0.1, 0.15) is 25.5 Å². The summed E-state index contributed by atoms with van der Waals surface area (Å²) >= 11 is 0. The van der Waals surface area contributed by atoms with Crippen LogP contribution in [-0.2, 0) is 0 Å². The van der Waals surface area contributed by atoms with Crippen LogP contribution in [0.25, 0.3) is 0 Å². The van der Waals surface area contributed by atoms with Gasteiger partial charge >= 0.3 is 0 Å². The quantitative estimate of drug-likeness (QED) is 0.846. The summed E-state index contributed by atoms with van der Waals surface area (Å²) in [6.07, 6.45) is 1.68. The molecule has 1 atom stereocenters. The largest absolute Gasteiger partial charge is 0.481 e. The number of nitrogens with two attached hydrogens (primary N) is 1. The Morgan fingerprint density at radius 3 is 2.50 bits per heavy atom. The van der Waals surface area contributed by atoms with Crippen molar-refractivity contribution >= 4 is 12.4 Å². The maximum atomic E-state index is 9.20. The van der Waals surface area contributed by atoms with E-state index < -0.39 is 0 Å². The number of aliphatic hydroxyl groups excluding tert-OH is 1. The average Bonchev–Trinajstić information content (AvgIpc) is 2.28. The van der Waals surface area contributed by atoms with E-state index in [0.29, 0.717) is 5.88 Å². The predicted octanol–water partition coefficient (Wildman–Crippen LogP) is 1.53. The molecular formula is C11H19ClN2O2. The van der Waals surface area contributed by atoms with Crippen molar-refractivity contribution in [1.29, 1.82) is 0 Å². The highest BCUT2D eigenvalue weighted by Gasteiger charge is 2.27. The van der Waals surface area contributed by atoms with Gasteiger partial charge in [-0.1, -0.05) is 19.9 Å². The minimum absolute atomic E-state index is 0. The number of nitrogens with zero attached hydrogens (tertiary/aromatic N) is 1. The molecule has 0 unspecified atom stereocenters. The van der Waals surface area contributed by atoms with E-state index in [9.17, 15) is 5.11 Å². The average molecular weight is 247 g/mol. The van der Waals surface area contributed by atoms with Gasteiger partial charge in [0.15, 0.2) is 0 Å². The van der Waals surface area contributed by atoms with Crippen LogP contribution in [0.3, 0.4) is 0 Å². The molecule has 1 rings (SSSR count). The van der Waals surface area contributed by atoms with Gasteiger partial charge in [0.25, 0.3) is 0 Å². The minimum Gasteiger partial charge on any atom is -0.481 e. The minimum atomic E-state index is -0.351. The number of aromatic nitrogens is 1. The molecular weight excluding hydrogens is 228 g/mol. The lowest BCUT2D eigenvalue weighted by Gasteiger charge is -2.29. The lowest BCUT2D eigenvalue weighted by molar-refractivity contribution is 0.132. The van der Waals surface area contributed by atoms with Crippen molar-refractivity contribution in [1.82, 2.24) is 4.98 Å². The molecule has 4 nitrogen and oxygen atoms in total. The van der Waals surface area contributed by atoms with Crippen LogP contribution in [0.15, 0.2) is 18.3 Å². The molecule has 0 saturated carbocycles. The first kappa shape index (κ1) is 15.2. The van der Waals surface area contributed by atoms with Gasteiger partial charge in [-0.3, -0.25) is 0 Å². The van der Waals surface area contributed by atoms with Crippen LogP contribution in [-0.4, -0.2) is 23.8 Å². The van der Waals surface area contributed by atoms with Crippen LogP contribution in [0.2, 0.25) is 0 Å². The molecule has 0 aliphatic carbocycles. The standard InChI is InChI=1S/C11H18N2O2.ClH/c1-11(2,7-14)10(12)8-4-5-9(15-3)13-6-8;/h4-6,10,14H,7,12H2,1-3H3;1H/t10-;/m0./s1. The summed E-state index contributed by atoms with van der Waals surface area (Å²) in [4.78, 5) is 4.08. The molecule has 1 aromatic rings. The third kappa shape index (κ3) is 3.33. The van der Waals surface area contributed by atoms with E-state index >= 15 is 0 Å². The molecule has 0 fully saturated rings. The number of rotatable bonds is 4. The monoisotopic (exact) mass is 246 g/mol. The van der Waals surface area contributed by atoms with Gasteiger partial charge in [0.05, 0.1) is 7.11 Å². The number of hydrogen-bond acceptors (Lipinski definition) is 4. The molecule has 0 aliphatic heterocycles.